The Balaban J connectivity index is 2.09. The highest BCUT2D eigenvalue weighted by atomic mass is 32.2. The highest BCUT2D eigenvalue weighted by molar-refractivity contribution is 7.92. The Morgan fingerprint density at radius 2 is 2.00 bits per heavy atom. The molecule has 0 spiro atoms. The minimum absolute atomic E-state index is 0.205. The van der Waals surface area contributed by atoms with Gasteiger partial charge in [-0.3, -0.25) is 9.40 Å². The lowest BCUT2D eigenvalue weighted by Gasteiger charge is -2.09. The summed E-state index contributed by atoms with van der Waals surface area (Å²) in [5.74, 6) is 0.484. The third kappa shape index (κ3) is 2.59. The van der Waals surface area contributed by atoms with E-state index < -0.39 is 10.0 Å². The van der Waals surface area contributed by atoms with E-state index in [1.54, 1.807) is 43.7 Å². The van der Waals surface area contributed by atoms with Gasteiger partial charge in [0.05, 0.1) is 17.1 Å². The standard InChI is InChI=1S/C15H18N4O3S/c1-5-19-10(3)15(9(2)17-19)23(20,21)18-12-7-6-8-13-14(12)16-11(4)22-13/h6-8,18H,5H2,1-4H3. The van der Waals surface area contributed by atoms with Gasteiger partial charge in [-0.25, -0.2) is 13.4 Å². The molecular formula is C15H18N4O3S. The van der Waals surface area contributed by atoms with Crippen molar-refractivity contribution in [2.24, 2.45) is 0 Å². The average molecular weight is 334 g/mol. The minimum Gasteiger partial charge on any atom is -0.441 e. The first-order valence-corrected chi connectivity index (χ1v) is 8.74. The number of benzene rings is 1. The van der Waals surface area contributed by atoms with E-state index in [0.29, 0.717) is 40.6 Å². The van der Waals surface area contributed by atoms with E-state index in [4.69, 9.17) is 4.42 Å². The molecule has 0 unspecified atom stereocenters. The predicted molar refractivity (Wildman–Crippen MR) is 86.9 cm³/mol. The van der Waals surface area contributed by atoms with Crippen LogP contribution in [0.4, 0.5) is 5.69 Å². The molecule has 3 aromatic rings. The van der Waals surface area contributed by atoms with E-state index in [2.05, 4.69) is 14.8 Å². The molecule has 0 radical (unpaired) electrons. The second kappa shape index (κ2) is 5.38. The summed E-state index contributed by atoms with van der Waals surface area (Å²) >= 11 is 0. The summed E-state index contributed by atoms with van der Waals surface area (Å²) in [6.45, 7) is 7.69. The summed E-state index contributed by atoms with van der Waals surface area (Å²) < 4.78 is 35.3. The lowest BCUT2D eigenvalue weighted by molar-refractivity contribution is 0.561. The number of rotatable bonds is 4. The Bertz CT molecular complexity index is 986. The quantitative estimate of drug-likeness (QED) is 0.792. The van der Waals surface area contributed by atoms with E-state index in [1.807, 2.05) is 6.92 Å². The van der Waals surface area contributed by atoms with Gasteiger partial charge in [-0.1, -0.05) is 6.07 Å². The number of para-hydroxylation sites is 1. The van der Waals surface area contributed by atoms with Gasteiger partial charge in [0.2, 0.25) is 0 Å². The minimum atomic E-state index is -3.76. The topological polar surface area (TPSA) is 90.0 Å². The molecule has 0 saturated heterocycles. The molecule has 1 N–H and O–H groups in total. The number of nitrogens with zero attached hydrogens (tertiary/aromatic N) is 3. The van der Waals surface area contributed by atoms with Crippen LogP contribution in [-0.2, 0) is 16.6 Å². The zero-order valence-corrected chi connectivity index (χ0v) is 14.2. The number of anilines is 1. The Kier molecular flexibility index (Phi) is 3.63. The van der Waals surface area contributed by atoms with Crippen LogP contribution in [0.25, 0.3) is 11.1 Å². The lowest BCUT2D eigenvalue weighted by atomic mass is 10.3. The number of fused-ring (bicyclic) bond motifs is 1. The fourth-order valence-electron chi connectivity index (χ4n) is 2.71. The van der Waals surface area contributed by atoms with Gasteiger partial charge in [-0.05, 0) is 32.9 Å². The predicted octanol–water partition coefficient (Wildman–Crippen LogP) is 2.77. The number of aromatic nitrogens is 3. The van der Waals surface area contributed by atoms with Crippen molar-refractivity contribution < 1.29 is 12.8 Å². The summed E-state index contributed by atoms with van der Waals surface area (Å²) in [4.78, 5) is 4.45. The molecule has 0 saturated carbocycles. The fourth-order valence-corrected chi connectivity index (χ4v) is 4.20. The van der Waals surface area contributed by atoms with Crippen LogP contribution < -0.4 is 4.72 Å². The smallest absolute Gasteiger partial charge is 0.265 e. The fraction of sp³-hybridized carbons (Fsp3) is 0.333. The maximum absolute atomic E-state index is 12.8. The molecule has 2 aromatic heterocycles. The number of hydrogen-bond acceptors (Lipinski definition) is 5. The number of nitrogens with one attached hydrogen (secondary N) is 1. The van der Waals surface area contributed by atoms with Gasteiger partial charge >= 0.3 is 0 Å². The van der Waals surface area contributed by atoms with Crippen LogP contribution in [0, 0.1) is 20.8 Å². The van der Waals surface area contributed by atoms with Crippen molar-refractivity contribution in [1.82, 2.24) is 14.8 Å². The molecule has 122 valence electrons. The first kappa shape index (κ1) is 15.5. The van der Waals surface area contributed by atoms with Crippen LogP contribution >= 0.6 is 0 Å². The van der Waals surface area contributed by atoms with Crippen LogP contribution in [0.15, 0.2) is 27.5 Å². The van der Waals surface area contributed by atoms with Crippen molar-refractivity contribution in [2.45, 2.75) is 39.1 Å². The van der Waals surface area contributed by atoms with Crippen LogP contribution in [-0.4, -0.2) is 23.2 Å². The third-order valence-electron chi connectivity index (χ3n) is 3.65. The van der Waals surface area contributed by atoms with E-state index in [-0.39, 0.29) is 4.90 Å². The van der Waals surface area contributed by atoms with Gasteiger partial charge in [0.15, 0.2) is 11.5 Å². The lowest BCUT2D eigenvalue weighted by Crippen LogP contribution is -2.15. The van der Waals surface area contributed by atoms with Crippen molar-refractivity contribution >= 4 is 26.8 Å². The van der Waals surface area contributed by atoms with Gasteiger partial charge in [0.1, 0.15) is 10.4 Å². The highest BCUT2D eigenvalue weighted by Gasteiger charge is 2.25. The second-order valence-electron chi connectivity index (χ2n) is 5.31. The van der Waals surface area contributed by atoms with Crippen LogP contribution in [0.5, 0.6) is 0 Å². The van der Waals surface area contributed by atoms with E-state index >= 15 is 0 Å². The van der Waals surface area contributed by atoms with Gasteiger partial charge in [0.25, 0.3) is 10.0 Å². The highest BCUT2D eigenvalue weighted by Crippen LogP contribution is 2.27. The molecule has 0 aliphatic rings. The number of hydrogen-bond donors (Lipinski definition) is 1. The van der Waals surface area contributed by atoms with Crippen molar-refractivity contribution in [2.75, 3.05) is 4.72 Å². The number of sulfonamides is 1. The summed E-state index contributed by atoms with van der Waals surface area (Å²) in [5.41, 5.74) is 2.51. The molecule has 2 heterocycles. The number of oxazole rings is 1. The number of aryl methyl sites for hydroxylation is 3. The van der Waals surface area contributed by atoms with Crippen molar-refractivity contribution in [3.63, 3.8) is 0 Å². The monoisotopic (exact) mass is 334 g/mol. The third-order valence-corrected chi connectivity index (χ3v) is 5.27. The van der Waals surface area contributed by atoms with E-state index in [9.17, 15) is 8.42 Å². The average Bonchev–Trinajstić information content (AvgIpc) is 2.98. The molecule has 0 aliphatic carbocycles. The van der Waals surface area contributed by atoms with Gasteiger partial charge in [0, 0.05) is 13.5 Å². The summed E-state index contributed by atoms with van der Waals surface area (Å²) in [5, 5.41) is 4.27. The van der Waals surface area contributed by atoms with E-state index in [1.165, 1.54) is 0 Å². The van der Waals surface area contributed by atoms with E-state index in [0.717, 1.165) is 0 Å². The molecule has 0 atom stereocenters. The second-order valence-corrected chi connectivity index (χ2v) is 6.93. The van der Waals surface area contributed by atoms with Crippen LogP contribution in [0.1, 0.15) is 24.2 Å². The van der Waals surface area contributed by atoms with Crippen LogP contribution in [0.3, 0.4) is 0 Å². The van der Waals surface area contributed by atoms with Gasteiger partial charge < -0.3 is 4.42 Å². The molecule has 0 bridgehead atoms. The van der Waals surface area contributed by atoms with Gasteiger partial charge in [-0.2, -0.15) is 5.10 Å². The summed E-state index contributed by atoms with van der Waals surface area (Å²) in [6, 6.07) is 5.13. The molecule has 7 nitrogen and oxygen atoms in total. The molecule has 23 heavy (non-hydrogen) atoms. The van der Waals surface area contributed by atoms with Gasteiger partial charge in [-0.15, -0.1) is 0 Å². The van der Waals surface area contributed by atoms with Crippen LogP contribution in [0.2, 0.25) is 0 Å². The van der Waals surface area contributed by atoms with Crippen molar-refractivity contribution in [3.8, 4) is 0 Å². The molecule has 1 aromatic carbocycles. The zero-order valence-electron chi connectivity index (χ0n) is 13.4. The molecule has 0 fully saturated rings. The Morgan fingerprint density at radius 1 is 1.26 bits per heavy atom. The maximum atomic E-state index is 12.8. The molecular weight excluding hydrogens is 316 g/mol. The normalized spacial score (nSPS) is 12.0. The Labute approximate surface area is 134 Å². The SMILES string of the molecule is CCn1nc(C)c(S(=O)(=O)Nc2cccc3oc(C)nc23)c1C. The molecule has 3 rings (SSSR count). The Hall–Kier alpha value is -2.35. The molecule has 8 heteroatoms. The van der Waals surface area contributed by atoms with Crippen molar-refractivity contribution in [1.29, 1.82) is 0 Å². The first-order chi connectivity index (χ1) is 10.8. The Morgan fingerprint density at radius 3 is 2.65 bits per heavy atom. The summed E-state index contributed by atoms with van der Waals surface area (Å²) in [6.07, 6.45) is 0. The largest absolute Gasteiger partial charge is 0.441 e. The zero-order chi connectivity index (χ0) is 16.8. The summed E-state index contributed by atoms with van der Waals surface area (Å²) in [7, 11) is -3.76. The first-order valence-electron chi connectivity index (χ1n) is 7.26. The van der Waals surface area contributed by atoms with Crippen molar-refractivity contribution in [3.05, 3.63) is 35.5 Å². The maximum Gasteiger partial charge on any atom is 0.265 e. The molecule has 0 amide bonds. The molecule has 0 aliphatic heterocycles.